The van der Waals surface area contributed by atoms with Gasteiger partial charge in [-0.05, 0) is 24.1 Å². The van der Waals surface area contributed by atoms with Crippen molar-refractivity contribution in [1.29, 1.82) is 0 Å². The Kier molecular flexibility index (Phi) is 10.2. The molecule has 0 spiro atoms. The molecule has 4 nitrogen and oxygen atoms in total. The molecule has 0 unspecified atom stereocenters. The molecule has 1 amide bonds. The van der Waals surface area contributed by atoms with Crippen LogP contribution < -0.4 is 5.32 Å². The summed E-state index contributed by atoms with van der Waals surface area (Å²) in [5, 5.41) is 2.84. The smallest absolute Gasteiger partial charge is 0.329 e. The number of hydrogen-bond acceptors (Lipinski definition) is 4. The summed E-state index contributed by atoms with van der Waals surface area (Å²) in [4.78, 5) is 25.0. The maximum atomic E-state index is 12.5. The monoisotopic (exact) mass is 399 g/mol. The van der Waals surface area contributed by atoms with E-state index in [2.05, 4.69) is 24.4 Å². The Morgan fingerprint density at radius 1 is 0.964 bits per heavy atom. The van der Waals surface area contributed by atoms with Gasteiger partial charge in [-0.3, -0.25) is 4.79 Å². The predicted octanol–water partition coefficient (Wildman–Crippen LogP) is 4.84. The van der Waals surface area contributed by atoms with Gasteiger partial charge in [0.2, 0.25) is 0 Å². The molecule has 1 N–H and O–H groups in total. The van der Waals surface area contributed by atoms with Crippen LogP contribution >= 0.6 is 11.8 Å². The average Bonchev–Trinajstić information content (AvgIpc) is 2.74. The van der Waals surface area contributed by atoms with E-state index in [4.69, 9.17) is 4.74 Å². The summed E-state index contributed by atoms with van der Waals surface area (Å²) in [6.45, 7) is 2.55. The van der Waals surface area contributed by atoms with Gasteiger partial charge in [0.1, 0.15) is 6.04 Å². The Labute approximate surface area is 172 Å². The van der Waals surface area contributed by atoms with Gasteiger partial charge in [0.05, 0.1) is 6.61 Å². The highest BCUT2D eigenvalue weighted by molar-refractivity contribution is 7.98. The van der Waals surface area contributed by atoms with E-state index in [1.54, 1.807) is 36.0 Å². The van der Waals surface area contributed by atoms with Crippen molar-refractivity contribution in [3.63, 3.8) is 0 Å². The lowest BCUT2D eigenvalue weighted by Gasteiger charge is -2.18. The molecule has 0 saturated heterocycles. The van der Waals surface area contributed by atoms with E-state index in [1.807, 2.05) is 24.3 Å². The fourth-order valence-electron chi connectivity index (χ4n) is 2.67. The maximum absolute atomic E-state index is 12.5. The van der Waals surface area contributed by atoms with Crippen LogP contribution in [0.4, 0.5) is 0 Å². The SMILES string of the molecule is CCCCCCOC(=O)[C@H](CSCc1ccccc1)NC(=O)c1ccccc1. The normalized spacial score (nSPS) is 11.6. The Morgan fingerprint density at radius 2 is 1.64 bits per heavy atom. The van der Waals surface area contributed by atoms with Gasteiger partial charge in [0, 0.05) is 17.1 Å². The van der Waals surface area contributed by atoms with Gasteiger partial charge >= 0.3 is 5.97 Å². The van der Waals surface area contributed by atoms with E-state index in [0.717, 1.165) is 31.4 Å². The number of amides is 1. The van der Waals surface area contributed by atoms with Crippen LogP contribution in [0.1, 0.15) is 48.5 Å². The van der Waals surface area contributed by atoms with E-state index < -0.39 is 6.04 Å². The first-order valence-corrected chi connectivity index (χ1v) is 11.0. The molecule has 28 heavy (non-hydrogen) atoms. The second-order valence-corrected chi connectivity index (χ2v) is 7.65. The van der Waals surface area contributed by atoms with Crippen LogP contribution in [0, 0.1) is 0 Å². The van der Waals surface area contributed by atoms with Crippen LogP contribution in [0.25, 0.3) is 0 Å². The van der Waals surface area contributed by atoms with Crippen LogP contribution in [0.15, 0.2) is 60.7 Å². The summed E-state index contributed by atoms with van der Waals surface area (Å²) in [7, 11) is 0. The summed E-state index contributed by atoms with van der Waals surface area (Å²) in [6, 6.07) is 18.4. The lowest BCUT2D eigenvalue weighted by atomic mass is 10.2. The minimum absolute atomic E-state index is 0.256. The van der Waals surface area contributed by atoms with Crippen LogP contribution in [0.3, 0.4) is 0 Å². The van der Waals surface area contributed by atoms with Gasteiger partial charge in [-0.15, -0.1) is 0 Å². The molecule has 0 radical (unpaired) electrons. The summed E-state index contributed by atoms with van der Waals surface area (Å²) in [5.41, 5.74) is 1.73. The van der Waals surface area contributed by atoms with Gasteiger partial charge in [0.15, 0.2) is 0 Å². The second-order valence-electron chi connectivity index (χ2n) is 6.62. The Hall–Kier alpha value is -2.27. The number of esters is 1. The van der Waals surface area contributed by atoms with Gasteiger partial charge in [0.25, 0.3) is 5.91 Å². The topological polar surface area (TPSA) is 55.4 Å². The molecular weight excluding hydrogens is 370 g/mol. The van der Waals surface area contributed by atoms with Crippen LogP contribution in [-0.4, -0.2) is 30.3 Å². The van der Waals surface area contributed by atoms with Crippen molar-refractivity contribution in [2.45, 2.75) is 44.4 Å². The van der Waals surface area contributed by atoms with Gasteiger partial charge in [-0.1, -0.05) is 74.7 Å². The average molecular weight is 400 g/mol. The Bertz CT molecular complexity index is 706. The van der Waals surface area contributed by atoms with E-state index in [-0.39, 0.29) is 11.9 Å². The lowest BCUT2D eigenvalue weighted by Crippen LogP contribution is -2.43. The van der Waals surface area contributed by atoms with Crippen LogP contribution in [-0.2, 0) is 15.3 Å². The van der Waals surface area contributed by atoms with E-state index in [1.165, 1.54) is 5.56 Å². The lowest BCUT2D eigenvalue weighted by molar-refractivity contribution is -0.145. The summed E-state index contributed by atoms with van der Waals surface area (Å²) in [6.07, 6.45) is 4.18. The van der Waals surface area contributed by atoms with Gasteiger partial charge in [-0.2, -0.15) is 11.8 Å². The first-order valence-electron chi connectivity index (χ1n) is 9.85. The summed E-state index contributed by atoms with van der Waals surface area (Å²) < 4.78 is 5.42. The number of unbranched alkanes of at least 4 members (excludes halogenated alkanes) is 3. The number of rotatable bonds is 12. The molecule has 0 aromatic heterocycles. The van der Waals surface area contributed by atoms with Crippen molar-refractivity contribution in [1.82, 2.24) is 5.32 Å². The number of nitrogens with one attached hydrogen (secondary N) is 1. The second kappa shape index (κ2) is 13.0. The molecule has 0 aliphatic heterocycles. The molecule has 0 bridgehead atoms. The van der Waals surface area contributed by atoms with Crippen molar-refractivity contribution in [3.05, 3.63) is 71.8 Å². The molecule has 0 saturated carbocycles. The Morgan fingerprint density at radius 3 is 2.32 bits per heavy atom. The molecule has 0 aliphatic rings. The summed E-state index contributed by atoms with van der Waals surface area (Å²) >= 11 is 1.61. The molecule has 0 heterocycles. The molecule has 2 rings (SSSR count). The predicted molar refractivity (Wildman–Crippen MR) is 115 cm³/mol. The highest BCUT2D eigenvalue weighted by atomic mass is 32.2. The zero-order valence-electron chi connectivity index (χ0n) is 16.4. The van der Waals surface area contributed by atoms with E-state index in [0.29, 0.717) is 17.9 Å². The zero-order chi connectivity index (χ0) is 20.0. The van der Waals surface area contributed by atoms with Gasteiger partial charge < -0.3 is 10.1 Å². The van der Waals surface area contributed by atoms with E-state index >= 15 is 0 Å². The third kappa shape index (κ3) is 8.17. The standard InChI is InChI=1S/C23H29NO3S/c1-2-3-4-11-16-27-23(26)21(18-28-17-19-12-7-5-8-13-19)24-22(25)20-14-9-6-10-15-20/h5-10,12-15,21H,2-4,11,16-18H2,1H3,(H,24,25)/t21-/m0/s1. The first-order chi connectivity index (χ1) is 13.7. The molecule has 150 valence electrons. The molecule has 1 atom stereocenters. The fraction of sp³-hybridized carbons (Fsp3) is 0.391. The quantitative estimate of drug-likeness (QED) is 0.410. The minimum atomic E-state index is -0.660. The highest BCUT2D eigenvalue weighted by Crippen LogP contribution is 2.14. The highest BCUT2D eigenvalue weighted by Gasteiger charge is 2.23. The fourth-order valence-corrected chi connectivity index (χ4v) is 3.67. The molecule has 0 fully saturated rings. The number of carbonyl (C=O) groups excluding carboxylic acids is 2. The summed E-state index contributed by atoms with van der Waals surface area (Å²) in [5.74, 6) is 0.638. The third-order valence-corrected chi connectivity index (χ3v) is 5.37. The van der Waals surface area contributed by atoms with Crippen molar-refractivity contribution in [2.75, 3.05) is 12.4 Å². The number of thioether (sulfide) groups is 1. The number of benzene rings is 2. The number of carbonyl (C=O) groups is 2. The molecular formula is C23H29NO3S. The third-order valence-electron chi connectivity index (χ3n) is 4.26. The van der Waals surface area contributed by atoms with Crippen molar-refractivity contribution >= 4 is 23.6 Å². The van der Waals surface area contributed by atoms with Crippen molar-refractivity contribution in [3.8, 4) is 0 Å². The van der Waals surface area contributed by atoms with Crippen molar-refractivity contribution < 1.29 is 14.3 Å². The molecule has 2 aromatic rings. The molecule has 0 aliphatic carbocycles. The Balaban J connectivity index is 1.89. The largest absolute Gasteiger partial charge is 0.464 e. The minimum Gasteiger partial charge on any atom is -0.464 e. The first kappa shape index (κ1) is 22.0. The van der Waals surface area contributed by atoms with Gasteiger partial charge in [-0.25, -0.2) is 4.79 Å². The number of ether oxygens (including phenoxy) is 1. The molecule has 2 aromatic carbocycles. The number of hydrogen-bond donors (Lipinski definition) is 1. The maximum Gasteiger partial charge on any atom is 0.329 e. The van der Waals surface area contributed by atoms with E-state index in [9.17, 15) is 9.59 Å². The molecule has 5 heteroatoms. The van der Waals surface area contributed by atoms with Crippen LogP contribution in [0.2, 0.25) is 0 Å². The van der Waals surface area contributed by atoms with Crippen molar-refractivity contribution in [2.24, 2.45) is 0 Å². The van der Waals surface area contributed by atoms with Crippen LogP contribution in [0.5, 0.6) is 0 Å². The zero-order valence-corrected chi connectivity index (χ0v) is 17.3.